The van der Waals surface area contributed by atoms with Crippen LogP contribution in [0.15, 0.2) is 28.8 Å². The summed E-state index contributed by atoms with van der Waals surface area (Å²) in [5.41, 5.74) is 1.94. The second-order valence-electron chi connectivity index (χ2n) is 5.22. The van der Waals surface area contributed by atoms with Crippen LogP contribution in [0.2, 0.25) is 0 Å². The summed E-state index contributed by atoms with van der Waals surface area (Å²) in [7, 11) is 0. The van der Waals surface area contributed by atoms with Crippen molar-refractivity contribution in [2.24, 2.45) is 0 Å². The molecule has 0 aliphatic carbocycles. The summed E-state index contributed by atoms with van der Waals surface area (Å²) in [6.45, 7) is 7.05. The molecular weight excluding hydrogens is 268 g/mol. The Labute approximate surface area is 123 Å². The van der Waals surface area contributed by atoms with E-state index < -0.39 is 0 Å². The number of nitrogens with zero attached hydrogens (tertiary/aromatic N) is 1. The molecule has 1 aromatic heterocycles. The van der Waals surface area contributed by atoms with E-state index in [0.717, 1.165) is 0 Å². The van der Waals surface area contributed by atoms with Gasteiger partial charge in [-0.25, -0.2) is 0 Å². The molecule has 2 aromatic rings. The van der Waals surface area contributed by atoms with Gasteiger partial charge in [-0.1, -0.05) is 31.1 Å². The summed E-state index contributed by atoms with van der Waals surface area (Å²) in [6.07, 6.45) is 0. The second-order valence-corrected chi connectivity index (χ2v) is 5.22. The van der Waals surface area contributed by atoms with E-state index in [9.17, 15) is 9.59 Å². The standard InChI is InChI=1S/C16H18N2O3/c1-9(2)15-14(10(3)18-21-15)16(20)17-13-8-6-5-7-12(13)11(4)19/h5-9H,1-4H3,(H,17,20). The summed E-state index contributed by atoms with van der Waals surface area (Å²) in [5, 5.41) is 6.63. The summed E-state index contributed by atoms with van der Waals surface area (Å²) < 4.78 is 5.22. The van der Waals surface area contributed by atoms with Crippen molar-refractivity contribution >= 4 is 17.4 Å². The van der Waals surface area contributed by atoms with Crippen LogP contribution in [0.1, 0.15) is 58.9 Å². The number of ketones is 1. The minimum Gasteiger partial charge on any atom is -0.360 e. The van der Waals surface area contributed by atoms with E-state index in [4.69, 9.17) is 4.52 Å². The highest BCUT2D eigenvalue weighted by molar-refractivity contribution is 6.09. The molecule has 1 heterocycles. The Balaban J connectivity index is 2.35. The van der Waals surface area contributed by atoms with Crippen molar-refractivity contribution in [1.82, 2.24) is 5.16 Å². The third-order valence-corrected chi connectivity index (χ3v) is 3.20. The minimum atomic E-state index is -0.314. The Bertz CT molecular complexity index is 687. The molecule has 5 nitrogen and oxygen atoms in total. The quantitative estimate of drug-likeness (QED) is 0.872. The lowest BCUT2D eigenvalue weighted by Crippen LogP contribution is -2.16. The highest BCUT2D eigenvalue weighted by Crippen LogP contribution is 2.24. The highest BCUT2D eigenvalue weighted by Gasteiger charge is 2.23. The first kappa shape index (κ1) is 15.0. The molecule has 110 valence electrons. The van der Waals surface area contributed by atoms with Gasteiger partial charge in [0.15, 0.2) is 11.5 Å². The van der Waals surface area contributed by atoms with Crippen LogP contribution in [0.4, 0.5) is 5.69 Å². The molecule has 0 aliphatic heterocycles. The fraction of sp³-hybridized carbons (Fsp3) is 0.312. The van der Waals surface area contributed by atoms with Gasteiger partial charge in [0.05, 0.1) is 11.4 Å². The summed E-state index contributed by atoms with van der Waals surface area (Å²) >= 11 is 0. The number of carbonyl (C=O) groups is 2. The van der Waals surface area contributed by atoms with E-state index in [-0.39, 0.29) is 17.6 Å². The topological polar surface area (TPSA) is 72.2 Å². The molecule has 0 unspecified atom stereocenters. The highest BCUT2D eigenvalue weighted by atomic mass is 16.5. The van der Waals surface area contributed by atoms with Crippen molar-refractivity contribution in [3.8, 4) is 0 Å². The normalized spacial score (nSPS) is 10.7. The van der Waals surface area contributed by atoms with Gasteiger partial charge in [-0.15, -0.1) is 0 Å². The zero-order valence-electron chi connectivity index (χ0n) is 12.6. The molecule has 1 N–H and O–H groups in total. The largest absolute Gasteiger partial charge is 0.360 e. The number of hydrogen-bond donors (Lipinski definition) is 1. The maximum absolute atomic E-state index is 12.5. The van der Waals surface area contributed by atoms with E-state index in [1.54, 1.807) is 31.2 Å². The van der Waals surface area contributed by atoms with Crippen LogP contribution < -0.4 is 5.32 Å². The van der Waals surface area contributed by atoms with Crippen LogP contribution >= 0.6 is 0 Å². The number of benzene rings is 1. The van der Waals surface area contributed by atoms with Crippen molar-refractivity contribution < 1.29 is 14.1 Å². The molecule has 0 atom stereocenters. The van der Waals surface area contributed by atoms with Gasteiger partial charge < -0.3 is 9.84 Å². The lowest BCUT2D eigenvalue weighted by molar-refractivity contribution is 0.101. The van der Waals surface area contributed by atoms with Crippen LogP contribution in [-0.2, 0) is 0 Å². The third kappa shape index (κ3) is 3.02. The predicted molar refractivity (Wildman–Crippen MR) is 79.7 cm³/mol. The van der Waals surface area contributed by atoms with Gasteiger partial charge >= 0.3 is 0 Å². The number of nitrogens with one attached hydrogen (secondary N) is 1. The minimum absolute atomic E-state index is 0.0509. The fourth-order valence-corrected chi connectivity index (χ4v) is 2.14. The number of carbonyl (C=O) groups excluding carboxylic acids is 2. The number of aromatic nitrogens is 1. The van der Waals surface area contributed by atoms with Gasteiger partial charge in [-0.3, -0.25) is 9.59 Å². The van der Waals surface area contributed by atoms with Gasteiger partial charge in [0.1, 0.15) is 5.56 Å². The zero-order valence-corrected chi connectivity index (χ0v) is 12.6. The first-order chi connectivity index (χ1) is 9.91. The monoisotopic (exact) mass is 286 g/mol. The number of Topliss-reactive ketones (excluding diaryl/α,β-unsaturated/α-hetero) is 1. The zero-order chi connectivity index (χ0) is 15.6. The summed E-state index contributed by atoms with van der Waals surface area (Å²) in [5.74, 6) is 0.184. The molecule has 0 saturated carbocycles. The molecule has 0 radical (unpaired) electrons. The summed E-state index contributed by atoms with van der Waals surface area (Å²) in [4.78, 5) is 24.1. The van der Waals surface area contributed by atoms with Gasteiger partial charge in [0.2, 0.25) is 0 Å². The first-order valence-electron chi connectivity index (χ1n) is 6.79. The molecular formula is C16H18N2O3. The average Bonchev–Trinajstić information content (AvgIpc) is 2.81. The van der Waals surface area contributed by atoms with Crippen molar-refractivity contribution in [3.63, 3.8) is 0 Å². The molecule has 1 aromatic carbocycles. The Kier molecular flexibility index (Phi) is 4.21. The second kappa shape index (κ2) is 5.91. The van der Waals surface area contributed by atoms with Gasteiger partial charge in [0, 0.05) is 11.5 Å². The lowest BCUT2D eigenvalue weighted by Gasteiger charge is -2.10. The molecule has 0 fully saturated rings. The maximum Gasteiger partial charge on any atom is 0.261 e. The van der Waals surface area contributed by atoms with E-state index in [2.05, 4.69) is 10.5 Å². The molecule has 0 aliphatic rings. The predicted octanol–water partition coefficient (Wildman–Crippen LogP) is 3.56. The Hall–Kier alpha value is -2.43. The lowest BCUT2D eigenvalue weighted by atomic mass is 10.0. The number of aryl methyl sites for hydroxylation is 1. The van der Waals surface area contributed by atoms with E-state index in [1.807, 2.05) is 13.8 Å². The third-order valence-electron chi connectivity index (χ3n) is 3.20. The summed E-state index contributed by atoms with van der Waals surface area (Å²) in [6, 6.07) is 6.91. The molecule has 0 saturated heterocycles. The number of amides is 1. The van der Waals surface area contributed by atoms with Gasteiger partial charge in [-0.2, -0.15) is 0 Å². The van der Waals surface area contributed by atoms with Crippen molar-refractivity contribution in [1.29, 1.82) is 0 Å². The fourth-order valence-electron chi connectivity index (χ4n) is 2.14. The van der Waals surface area contributed by atoms with Crippen molar-refractivity contribution in [3.05, 3.63) is 46.8 Å². The maximum atomic E-state index is 12.5. The van der Waals surface area contributed by atoms with Crippen LogP contribution in [0.3, 0.4) is 0 Å². The van der Waals surface area contributed by atoms with E-state index in [0.29, 0.717) is 28.3 Å². The number of rotatable bonds is 4. The Morgan fingerprint density at radius 1 is 1.24 bits per heavy atom. The van der Waals surface area contributed by atoms with Crippen LogP contribution in [0.5, 0.6) is 0 Å². The Morgan fingerprint density at radius 2 is 1.90 bits per heavy atom. The van der Waals surface area contributed by atoms with Crippen LogP contribution in [-0.4, -0.2) is 16.8 Å². The molecule has 5 heteroatoms. The number of hydrogen-bond acceptors (Lipinski definition) is 4. The molecule has 0 spiro atoms. The van der Waals surface area contributed by atoms with Crippen LogP contribution in [0, 0.1) is 6.92 Å². The van der Waals surface area contributed by atoms with Gasteiger partial charge in [0.25, 0.3) is 5.91 Å². The molecule has 0 bridgehead atoms. The number of anilines is 1. The smallest absolute Gasteiger partial charge is 0.261 e. The van der Waals surface area contributed by atoms with Gasteiger partial charge in [-0.05, 0) is 26.0 Å². The molecule has 1 amide bonds. The van der Waals surface area contributed by atoms with E-state index in [1.165, 1.54) is 6.92 Å². The van der Waals surface area contributed by atoms with E-state index >= 15 is 0 Å². The Morgan fingerprint density at radius 3 is 2.52 bits per heavy atom. The average molecular weight is 286 g/mol. The van der Waals surface area contributed by atoms with Crippen molar-refractivity contribution in [2.45, 2.75) is 33.6 Å². The first-order valence-corrected chi connectivity index (χ1v) is 6.79. The SMILES string of the molecule is CC(=O)c1ccccc1NC(=O)c1c(C)noc1C(C)C. The van der Waals surface area contributed by atoms with Crippen molar-refractivity contribution in [2.75, 3.05) is 5.32 Å². The van der Waals surface area contributed by atoms with Crippen LogP contribution in [0.25, 0.3) is 0 Å². The molecule has 2 rings (SSSR count). The number of para-hydroxylation sites is 1. The molecule has 21 heavy (non-hydrogen) atoms.